The average molecular weight is 426 g/mol. The topological polar surface area (TPSA) is 111 Å². The Balaban J connectivity index is 1.62. The number of hydrogen-bond donors (Lipinski definition) is 4. The molecule has 2 saturated heterocycles. The third-order valence-corrected chi connectivity index (χ3v) is 7.70. The summed E-state index contributed by atoms with van der Waals surface area (Å²) >= 11 is 0. The number of aliphatic hydroxyl groups is 1. The molecule has 4 rings (SSSR count). The fourth-order valence-corrected chi connectivity index (χ4v) is 6.46. The van der Waals surface area contributed by atoms with Gasteiger partial charge >= 0.3 is 7.82 Å². The van der Waals surface area contributed by atoms with Crippen LogP contribution in [0.3, 0.4) is 0 Å². The summed E-state index contributed by atoms with van der Waals surface area (Å²) in [5.41, 5.74) is 1.05. The van der Waals surface area contributed by atoms with Gasteiger partial charge in [-0.2, -0.15) is 0 Å². The molecule has 3 aliphatic rings. The second kappa shape index (κ2) is 7.93. The standard InChI is InChI=1S/C20H31N2O6P/c1-21-14-10-20-8-7-18(28-29(24,25)26)16(11-20)19(23)17(22(20)12-14)9-13-3-5-15(27-2)6-4-13/h3-6,14,16-19,21,23H,7-12H2,1-2H3,(H2,24,25,26)/t14?,16-,17?,18?,19?,20+/m0/s1. The SMILES string of the molecule is CNC1CN2C(Cc3ccc(OC)cc3)C(O)[C@H]3C[C@@]2(CCC3OP(=O)(O)O)C1. The van der Waals surface area contributed by atoms with Crippen molar-refractivity contribution in [2.75, 3.05) is 20.7 Å². The van der Waals surface area contributed by atoms with Crippen molar-refractivity contribution in [3.05, 3.63) is 29.8 Å². The number of aliphatic hydroxyl groups excluding tert-OH is 1. The number of nitrogens with zero attached hydrogens (tertiary/aromatic N) is 1. The maximum Gasteiger partial charge on any atom is 0.469 e. The lowest BCUT2D eigenvalue weighted by Crippen LogP contribution is -2.66. The number of fused-ring (bicyclic) bond motifs is 1. The van der Waals surface area contributed by atoms with Gasteiger partial charge in [-0.05, 0) is 56.8 Å². The van der Waals surface area contributed by atoms with Gasteiger partial charge in [-0.3, -0.25) is 9.42 Å². The maximum atomic E-state index is 11.5. The Hall–Kier alpha value is -0.990. The second-order valence-electron chi connectivity index (χ2n) is 8.72. The lowest BCUT2D eigenvalue weighted by atomic mass is 9.65. The third kappa shape index (κ3) is 4.12. The molecule has 2 bridgehead atoms. The predicted molar refractivity (Wildman–Crippen MR) is 108 cm³/mol. The lowest BCUT2D eigenvalue weighted by molar-refractivity contribution is -0.144. The zero-order valence-corrected chi connectivity index (χ0v) is 17.8. The Kier molecular flexibility index (Phi) is 5.81. The predicted octanol–water partition coefficient (Wildman–Crippen LogP) is 1.29. The van der Waals surface area contributed by atoms with Gasteiger partial charge < -0.3 is 24.9 Å². The molecule has 9 heteroatoms. The van der Waals surface area contributed by atoms with Crippen LogP contribution in [-0.2, 0) is 15.5 Å². The number of hydrogen-bond acceptors (Lipinski definition) is 6. The highest BCUT2D eigenvalue weighted by molar-refractivity contribution is 7.46. The number of ether oxygens (including phenoxy) is 1. The molecule has 1 saturated carbocycles. The van der Waals surface area contributed by atoms with Crippen molar-refractivity contribution in [3.63, 3.8) is 0 Å². The van der Waals surface area contributed by atoms with E-state index in [1.165, 1.54) is 0 Å². The number of rotatable bonds is 6. The normalized spacial score (nSPS) is 37.3. The molecule has 0 aromatic heterocycles. The smallest absolute Gasteiger partial charge is 0.469 e. The first kappa shape index (κ1) is 21.2. The summed E-state index contributed by atoms with van der Waals surface area (Å²) in [4.78, 5) is 21.1. The molecule has 4 N–H and O–H groups in total. The van der Waals surface area contributed by atoms with Crippen LogP contribution in [0.5, 0.6) is 5.75 Å². The van der Waals surface area contributed by atoms with Crippen LogP contribution in [0.2, 0.25) is 0 Å². The van der Waals surface area contributed by atoms with Crippen molar-refractivity contribution in [1.82, 2.24) is 10.2 Å². The second-order valence-corrected chi connectivity index (χ2v) is 9.91. The van der Waals surface area contributed by atoms with Crippen LogP contribution < -0.4 is 10.1 Å². The van der Waals surface area contributed by atoms with Crippen LogP contribution in [0.15, 0.2) is 24.3 Å². The van der Waals surface area contributed by atoms with Crippen LogP contribution in [0.1, 0.15) is 31.2 Å². The number of phosphoric acid groups is 1. The fraction of sp³-hybridized carbons (Fsp3) is 0.700. The highest BCUT2D eigenvalue weighted by Gasteiger charge is 2.59. The van der Waals surface area contributed by atoms with Crippen LogP contribution in [-0.4, -0.2) is 70.3 Å². The van der Waals surface area contributed by atoms with Crippen LogP contribution in [0.25, 0.3) is 0 Å². The Morgan fingerprint density at radius 3 is 2.62 bits per heavy atom. The number of phosphoric ester groups is 1. The van der Waals surface area contributed by atoms with E-state index in [0.717, 1.165) is 30.7 Å². The molecular weight excluding hydrogens is 395 g/mol. The van der Waals surface area contributed by atoms with Gasteiger partial charge in [0.2, 0.25) is 0 Å². The van der Waals surface area contributed by atoms with Gasteiger partial charge in [-0.1, -0.05) is 12.1 Å². The molecule has 162 valence electrons. The molecule has 2 heterocycles. The summed E-state index contributed by atoms with van der Waals surface area (Å²) in [6.45, 7) is 0.866. The van der Waals surface area contributed by atoms with E-state index in [0.29, 0.717) is 25.3 Å². The van der Waals surface area contributed by atoms with Crippen LogP contribution >= 0.6 is 7.82 Å². The molecule has 29 heavy (non-hydrogen) atoms. The lowest BCUT2D eigenvalue weighted by Gasteiger charge is -2.57. The minimum atomic E-state index is -4.60. The quantitative estimate of drug-likeness (QED) is 0.504. The number of nitrogens with one attached hydrogen (secondary N) is 1. The molecule has 6 atom stereocenters. The first-order chi connectivity index (χ1) is 13.7. The molecule has 0 amide bonds. The Bertz CT molecular complexity index is 771. The Morgan fingerprint density at radius 2 is 2.00 bits per heavy atom. The van der Waals surface area contributed by atoms with Gasteiger partial charge in [0, 0.05) is 30.1 Å². The molecule has 1 spiro atoms. The van der Waals surface area contributed by atoms with Crippen LogP contribution in [0.4, 0.5) is 0 Å². The van der Waals surface area contributed by atoms with E-state index in [2.05, 4.69) is 10.2 Å². The van der Waals surface area contributed by atoms with E-state index in [1.807, 2.05) is 31.3 Å². The zero-order chi connectivity index (χ0) is 20.8. The molecule has 3 fully saturated rings. The van der Waals surface area contributed by atoms with Crippen molar-refractivity contribution in [2.45, 2.75) is 61.9 Å². The first-order valence-corrected chi connectivity index (χ1v) is 11.8. The summed E-state index contributed by atoms with van der Waals surface area (Å²) in [5.74, 6) is 0.504. The van der Waals surface area contributed by atoms with Gasteiger partial charge in [0.25, 0.3) is 0 Å². The minimum absolute atomic E-state index is 0.0521. The van der Waals surface area contributed by atoms with Crippen LogP contribution in [0, 0.1) is 5.92 Å². The monoisotopic (exact) mass is 426 g/mol. The zero-order valence-electron chi connectivity index (χ0n) is 16.9. The number of piperidine rings is 1. The van der Waals surface area contributed by atoms with Gasteiger partial charge in [0.05, 0.1) is 19.3 Å². The van der Waals surface area contributed by atoms with Crippen molar-refractivity contribution in [2.24, 2.45) is 5.92 Å². The van der Waals surface area contributed by atoms with Crippen molar-refractivity contribution < 1.29 is 28.7 Å². The average Bonchev–Trinajstić information content (AvgIpc) is 3.05. The van der Waals surface area contributed by atoms with E-state index < -0.39 is 20.0 Å². The minimum Gasteiger partial charge on any atom is -0.497 e. The molecule has 4 unspecified atom stereocenters. The first-order valence-electron chi connectivity index (χ1n) is 10.2. The van der Waals surface area contributed by atoms with Crippen molar-refractivity contribution >= 4 is 7.82 Å². The molecular formula is C20H31N2O6P. The molecule has 1 aliphatic carbocycles. The summed E-state index contributed by atoms with van der Waals surface area (Å²) in [5, 5.41) is 14.7. The molecule has 2 aliphatic heterocycles. The maximum absolute atomic E-state index is 11.5. The number of benzene rings is 1. The van der Waals surface area contributed by atoms with Gasteiger partial charge in [0.15, 0.2) is 0 Å². The number of likely N-dealkylation sites (N-methyl/N-ethyl adjacent to an activating group) is 1. The van der Waals surface area contributed by atoms with E-state index >= 15 is 0 Å². The summed E-state index contributed by atoms with van der Waals surface area (Å²) in [7, 11) is -1.00. The van der Waals surface area contributed by atoms with E-state index in [4.69, 9.17) is 9.26 Å². The molecule has 1 aromatic rings. The van der Waals surface area contributed by atoms with Crippen molar-refractivity contribution in [1.29, 1.82) is 0 Å². The van der Waals surface area contributed by atoms with E-state index in [9.17, 15) is 19.5 Å². The largest absolute Gasteiger partial charge is 0.497 e. The molecule has 1 aromatic carbocycles. The highest BCUT2D eigenvalue weighted by atomic mass is 31.2. The van der Waals surface area contributed by atoms with Gasteiger partial charge in [-0.15, -0.1) is 0 Å². The third-order valence-electron chi connectivity index (χ3n) is 7.16. The Labute approximate surface area is 171 Å². The summed E-state index contributed by atoms with van der Waals surface area (Å²) in [6, 6.07) is 8.08. The van der Waals surface area contributed by atoms with Gasteiger partial charge in [0.1, 0.15) is 5.75 Å². The highest BCUT2D eigenvalue weighted by Crippen LogP contribution is 2.54. The Morgan fingerprint density at radius 1 is 1.28 bits per heavy atom. The molecule has 0 radical (unpaired) electrons. The van der Waals surface area contributed by atoms with Crippen molar-refractivity contribution in [3.8, 4) is 5.75 Å². The number of methoxy groups -OCH3 is 1. The summed E-state index contributed by atoms with van der Waals surface area (Å²) < 4.78 is 21.8. The summed E-state index contributed by atoms with van der Waals surface area (Å²) in [6.07, 6.45) is 2.39. The van der Waals surface area contributed by atoms with E-state index in [-0.39, 0.29) is 17.5 Å². The van der Waals surface area contributed by atoms with E-state index in [1.54, 1.807) is 7.11 Å². The van der Waals surface area contributed by atoms with Gasteiger partial charge in [-0.25, -0.2) is 4.57 Å². The molecule has 8 nitrogen and oxygen atoms in total. The fourth-order valence-electron chi connectivity index (χ4n) is 5.85.